The molecule has 3 atom stereocenters. The highest BCUT2D eigenvalue weighted by atomic mass is 19.1. The van der Waals surface area contributed by atoms with E-state index >= 15 is 4.39 Å². The van der Waals surface area contributed by atoms with Crippen molar-refractivity contribution in [1.82, 2.24) is 24.7 Å². The van der Waals surface area contributed by atoms with Crippen molar-refractivity contribution >= 4 is 27.6 Å². The Bertz CT molecular complexity index is 2500. The molecule has 2 aliphatic heterocycles. The van der Waals surface area contributed by atoms with Crippen molar-refractivity contribution in [3.63, 3.8) is 0 Å². The maximum absolute atomic E-state index is 16.5. The second-order valence-corrected chi connectivity index (χ2v) is 16.0. The first-order valence-electron chi connectivity index (χ1n) is 20.6. The number of fused-ring (bicyclic) bond motifs is 2. The van der Waals surface area contributed by atoms with E-state index in [-0.39, 0.29) is 30.6 Å². The van der Waals surface area contributed by atoms with Crippen molar-refractivity contribution in [2.75, 3.05) is 18.1 Å². The van der Waals surface area contributed by atoms with Crippen molar-refractivity contribution in [3.05, 3.63) is 94.7 Å². The third kappa shape index (κ3) is 6.97. The largest absolute Gasteiger partial charge is 0.486 e. The van der Waals surface area contributed by atoms with Gasteiger partial charge in [-0.25, -0.2) is 9.07 Å². The number of pyridine rings is 1. The van der Waals surface area contributed by atoms with Crippen molar-refractivity contribution < 1.29 is 18.6 Å². The fraction of sp³-hybridized carbons (Fsp3) is 0.404. The summed E-state index contributed by atoms with van der Waals surface area (Å²) >= 11 is 0. The van der Waals surface area contributed by atoms with Crippen LogP contribution in [0.4, 0.5) is 10.2 Å². The van der Waals surface area contributed by atoms with Crippen LogP contribution in [0.5, 0.6) is 17.5 Å². The maximum atomic E-state index is 16.5. The quantitative estimate of drug-likeness (QED) is 0.121. The molecule has 3 aromatic heterocycles. The number of hydrogen-bond acceptors (Lipinski definition) is 8. The summed E-state index contributed by atoms with van der Waals surface area (Å²) in [6.45, 7) is 10.2. The molecule has 3 aromatic carbocycles. The van der Waals surface area contributed by atoms with Crippen LogP contribution in [0.1, 0.15) is 106 Å². The van der Waals surface area contributed by atoms with Crippen molar-refractivity contribution in [3.8, 4) is 41.0 Å². The zero-order valence-electron chi connectivity index (χ0n) is 33.2. The Hall–Kier alpha value is -5.53. The second-order valence-electron chi connectivity index (χ2n) is 16.0. The zero-order chi connectivity index (χ0) is 39.2. The van der Waals surface area contributed by atoms with E-state index in [1.807, 2.05) is 48.1 Å². The number of hydrogen-bond donors (Lipinski definition) is 0. The molecule has 0 radical (unpaired) electrons. The highest BCUT2D eigenvalue weighted by molar-refractivity contribution is 6.06. The lowest BCUT2D eigenvalue weighted by molar-refractivity contribution is -0.0366. The second kappa shape index (κ2) is 15.4. The Balaban J connectivity index is 1.33. The summed E-state index contributed by atoms with van der Waals surface area (Å²) in [5, 5.41) is 6.61. The van der Waals surface area contributed by atoms with Crippen LogP contribution in [0.25, 0.3) is 32.9 Å². The van der Waals surface area contributed by atoms with E-state index < -0.39 is 0 Å². The minimum Gasteiger partial charge on any atom is -0.486 e. The first-order chi connectivity index (χ1) is 27.8. The third-order valence-electron chi connectivity index (χ3n) is 12.1. The standard InChI is InChI=1S/C47H49FN6O3/c1-6-30-12-14-31(15-13-30)27-56-45-43(42-29(5)38(48)23-39-37(42)24-50-54(39)41-11-9-10-20-55-41)35(33-16-17-33)22-36-44(45)51-47(57-40-25-49-19-18-32(40)7-2)52-46(36)53-26-28(4)21-34(53)8-3/h1,12-15,18-19,22-25,28,33-34,41H,7-11,16-17,20-21,26-27H2,2-5H3/t28?,34-,41?/m1/s1. The number of halogens is 1. The highest BCUT2D eigenvalue weighted by Crippen LogP contribution is 2.54. The van der Waals surface area contributed by atoms with Gasteiger partial charge in [0, 0.05) is 58.9 Å². The Labute approximate surface area is 333 Å². The van der Waals surface area contributed by atoms with Gasteiger partial charge >= 0.3 is 6.01 Å². The molecule has 9 rings (SSSR count). The Morgan fingerprint density at radius 1 is 1.00 bits per heavy atom. The molecule has 0 N–H and O–H groups in total. The molecule has 9 nitrogen and oxygen atoms in total. The monoisotopic (exact) mass is 764 g/mol. The van der Waals surface area contributed by atoms with Crippen molar-refractivity contribution in [1.29, 1.82) is 0 Å². The average molecular weight is 765 g/mol. The SMILES string of the molecule is C#Cc1ccc(COc2c(-c3c(C)c(F)cc4c3cnn4C3CCCCO3)c(C3CC3)cc3c(N4CC(C)C[C@H]4CC)nc(Oc4cnccc4CC)nc23)cc1. The van der Waals surface area contributed by atoms with Crippen LogP contribution in [0.15, 0.2) is 61.1 Å². The number of terminal acetylenes is 1. The van der Waals surface area contributed by atoms with E-state index in [9.17, 15) is 0 Å². The minimum absolute atomic E-state index is 0.214. The van der Waals surface area contributed by atoms with Crippen LogP contribution in [0, 0.1) is 31.0 Å². The molecule has 292 valence electrons. The Kier molecular flexibility index (Phi) is 10.0. The van der Waals surface area contributed by atoms with Gasteiger partial charge in [0.05, 0.1) is 17.9 Å². The van der Waals surface area contributed by atoms with E-state index in [0.29, 0.717) is 46.7 Å². The lowest BCUT2D eigenvalue weighted by Gasteiger charge is -2.28. The third-order valence-corrected chi connectivity index (χ3v) is 12.1. The molecule has 1 saturated carbocycles. The van der Waals surface area contributed by atoms with Gasteiger partial charge in [0.1, 0.15) is 23.8 Å². The molecule has 6 aromatic rings. The molecule has 0 bridgehead atoms. The molecule has 0 amide bonds. The van der Waals surface area contributed by atoms with Gasteiger partial charge in [-0.05, 0) is 117 Å². The molecule has 57 heavy (non-hydrogen) atoms. The number of ether oxygens (including phenoxy) is 3. The number of rotatable bonds is 11. The van der Waals surface area contributed by atoms with Gasteiger partial charge in [-0.3, -0.25) is 4.98 Å². The Morgan fingerprint density at radius 3 is 2.58 bits per heavy atom. The molecule has 0 spiro atoms. The molecule has 5 heterocycles. The molecule has 3 fully saturated rings. The summed E-state index contributed by atoms with van der Waals surface area (Å²) in [4.78, 5) is 17.3. The lowest BCUT2D eigenvalue weighted by Crippen LogP contribution is -2.30. The molecule has 2 unspecified atom stereocenters. The van der Waals surface area contributed by atoms with Gasteiger partial charge in [0.25, 0.3) is 0 Å². The van der Waals surface area contributed by atoms with Gasteiger partial charge in [-0.15, -0.1) is 6.42 Å². The number of aromatic nitrogens is 5. The molecular weight excluding hydrogens is 716 g/mol. The molecule has 2 saturated heterocycles. The molecule has 10 heteroatoms. The van der Waals surface area contributed by atoms with Crippen LogP contribution >= 0.6 is 0 Å². The smallest absolute Gasteiger partial charge is 0.324 e. The summed E-state index contributed by atoms with van der Waals surface area (Å²) in [5.74, 6) is 5.17. The van der Waals surface area contributed by atoms with Crippen molar-refractivity contribution in [2.45, 2.75) is 104 Å². The fourth-order valence-electron chi connectivity index (χ4n) is 8.87. The van der Waals surface area contributed by atoms with Crippen LogP contribution in [0.2, 0.25) is 0 Å². The van der Waals surface area contributed by atoms with Crippen LogP contribution in [-0.2, 0) is 17.8 Å². The predicted octanol–water partition coefficient (Wildman–Crippen LogP) is 10.6. The summed E-state index contributed by atoms with van der Waals surface area (Å²) in [6, 6.07) is 14.2. The number of benzene rings is 3. The molecular formula is C47H49FN6O3. The lowest BCUT2D eigenvalue weighted by atomic mass is 9.88. The van der Waals surface area contributed by atoms with Gasteiger partial charge in [0.2, 0.25) is 0 Å². The van der Waals surface area contributed by atoms with Crippen LogP contribution < -0.4 is 14.4 Å². The number of aryl methyl sites for hydroxylation is 1. The van der Waals surface area contributed by atoms with Crippen LogP contribution in [0.3, 0.4) is 0 Å². The maximum Gasteiger partial charge on any atom is 0.324 e. The summed E-state index contributed by atoms with van der Waals surface area (Å²) in [7, 11) is 0. The first kappa shape index (κ1) is 37.1. The van der Waals surface area contributed by atoms with Crippen molar-refractivity contribution in [2.24, 2.45) is 5.92 Å². The predicted molar refractivity (Wildman–Crippen MR) is 221 cm³/mol. The van der Waals surface area contributed by atoms with E-state index in [0.717, 1.165) is 108 Å². The van der Waals surface area contributed by atoms with Gasteiger partial charge < -0.3 is 19.1 Å². The zero-order valence-corrected chi connectivity index (χ0v) is 33.2. The van der Waals surface area contributed by atoms with E-state index in [1.165, 1.54) is 0 Å². The summed E-state index contributed by atoms with van der Waals surface area (Å²) in [6.07, 6.45) is 18.5. The van der Waals surface area contributed by atoms with Gasteiger partial charge in [0.15, 0.2) is 17.7 Å². The topological polar surface area (TPSA) is 87.4 Å². The van der Waals surface area contributed by atoms with E-state index in [1.54, 1.807) is 18.5 Å². The van der Waals surface area contributed by atoms with E-state index in [2.05, 4.69) is 42.6 Å². The summed E-state index contributed by atoms with van der Waals surface area (Å²) in [5.41, 5.74) is 7.30. The number of nitrogens with zero attached hydrogens (tertiary/aromatic N) is 6. The summed E-state index contributed by atoms with van der Waals surface area (Å²) < 4.78 is 38.2. The normalized spacial score (nSPS) is 19.6. The Morgan fingerprint density at radius 2 is 1.84 bits per heavy atom. The minimum atomic E-state index is -0.305. The fourth-order valence-corrected chi connectivity index (χ4v) is 8.87. The molecule has 3 aliphatic rings. The highest BCUT2D eigenvalue weighted by Gasteiger charge is 2.36. The van der Waals surface area contributed by atoms with Gasteiger partial charge in [-0.1, -0.05) is 38.8 Å². The van der Waals surface area contributed by atoms with Crippen LogP contribution in [-0.4, -0.2) is 43.9 Å². The first-order valence-corrected chi connectivity index (χ1v) is 20.6. The molecule has 1 aliphatic carbocycles. The average Bonchev–Trinajstić information content (AvgIpc) is 3.90. The van der Waals surface area contributed by atoms with E-state index in [4.69, 9.17) is 35.7 Å². The van der Waals surface area contributed by atoms with Gasteiger partial charge in [-0.2, -0.15) is 15.1 Å². The number of anilines is 1.